The molecule has 286 valence electrons. The predicted molar refractivity (Wildman–Crippen MR) is 214 cm³/mol. The summed E-state index contributed by atoms with van der Waals surface area (Å²) in [5.41, 5.74) is 8.03. The summed E-state index contributed by atoms with van der Waals surface area (Å²) < 4.78 is 4.71. The van der Waals surface area contributed by atoms with Crippen molar-refractivity contribution in [3.05, 3.63) is 158 Å². The van der Waals surface area contributed by atoms with Crippen molar-refractivity contribution in [2.45, 2.75) is 6.42 Å². The second-order valence-corrected chi connectivity index (χ2v) is 14.5. The molecule has 0 fully saturated rings. The van der Waals surface area contributed by atoms with E-state index in [1.54, 1.807) is 22.7 Å². The molecule has 0 atom stereocenters. The summed E-state index contributed by atoms with van der Waals surface area (Å²) in [6.45, 7) is 0. The molecule has 3 aliphatic rings. The van der Waals surface area contributed by atoms with Crippen molar-refractivity contribution in [2.75, 3.05) is 0 Å². The van der Waals surface area contributed by atoms with Gasteiger partial charge in [0, 0.05) is 39.8 Å². The normalized spacial score (nSPS) is 12.7. The number of hydrogen-bond donors (Lipinski definition) is 0. The lowest BCUT2D eigenvalue weighted by Crippen LogP contribution is -2.06. The fourth-order valence-electron chi connectivity index (χ4n) is 7.15. The fourth-order valence-corrected chi connectivity index (χ4v) is 7.62. The van der Waals surface area contributed by atoms with Gasteiger partial charge >= 0.3 is 0 Å². The first-order valence-corrected chi connectivity index (χ1v) is 19.2. The highest BCUT2D eigenvalue weighted by atomic mass is 79.9. The third kappa shape index (κ3) is 5.51. The van der Waals surface area contributed by atoms with E-state index in [0.29, 0.717) is 73.7 Å². The molecule has 0 saturated carbocycles. The lowest BCUT2D eigenvalue weighted by molar-refractivity contribution is 0.103. The third-order valence-corrected chi connectivity index (χ3v) is 10.6. The van der Waals surface area contributed by atoms with Gasteiger partial charge in [0.05, 0.1) is 0 Å². The SMILES string of the molecule is O=C1c2ccccc2-c2nc3nnc(Br)n3nc21.O=C1c2ccccc2-c2nc3nnc(Cl)n3nc21.O=C1c2ccccc2-c2nn3c(Cc4ccccc4)nnc3nc21. The van der Waals surface area contributed by atoms with Gasteiger partial charge in [-0.3, -0.25) is 14.4 Å². The van der Waals surface area contributed by atoms with Crippen molar-refractivity contribution in [2.24, 2.45) is 0 Å². The Morgan fingerprint density at radius 3 is 1.48 bits per heavy atom. The molecule has 0 N–H and O–H groups in total. The van der Waals surface area contributed by atoms with E-state index < -0.39 is 0 Å². The van der Waals surface area contributed by atoms with Crippen LogP contribution in [0.1, 0.15) is 59.5 Å². The average Bonchev–Trinajstić information content (AvgIpc) is 4.13. The number of hydrogen-bond acceptors (Lipinski definition) is 15. The van der Waals surface area contributed by atoms with Crippen LogP contribution in [-0.2, 0) is 6.42 Å². The Labute approximate surface area is 348 Å². The van der Waals surface area contributed by atoms with E-state index >= 15 is 0 Å². The molecule has 20 heteroatoms. The van der Waals surface area contributed by atoms with Gasteiger partial charge in [0.1, 0.15) is 22.8 Å². The number of halogens is 2. The first-order chi connectivity index (χ1) is 29.3. The molecule has 18 nitrogen and oxygen atoms in total. The van der Waals surface area contributed by atoms with Crippen LogP contribution in [0.2, 0.25) is 5.28 Å². The molecule has 13 rings (SSSR count). The van der Waals surface area contributed by atoms with E-state index in [1.165, 1.54) is 9.03 Å². The molecule has 0 bridgehead atoms. The molecular formula is C40H19BrClN15O3. The zero-order valence-electron chi connectivity index (χ0n) is 30.2. The highest BCUT2D eigenvalue weighted by molar-refractivity contribution is 9.10. The molecule has 6 heterocycles. The molecule has 0 unspecified atom stereocenters. The molecule has 0 amide bonds. The maximum Gasteiger partial charge on any atom is 0.273 e. The molecule has 0 radical (unpaired) electrons. The Bertz CT molecular complexity index is 3340. The highest BCUT2D eigenvalue weighted by Crippen LogP contribution is 2.36. The Kier molecular flexibility index (Phi) is 8.00. The number of fused-ring (bicyclic) bond motifs is 12. The number of ketones is 3. The Morgan fingerprint density at radius 1 is 0.433 bits per heavy atom. The quantitative estimate of drug-likeness (QED) is 0.218. The topological polar surface area (TPSA) is 219 Å². The number of aromatic nitrogens is 15. The van der Waals surface area contributed by atoms with Gasteiger partial charge in [-0.1, -0.05) is 103 Å². The van der Waals surface area contributed by atoms with Gasteiger partial charge in [-0.15, -0.1) is 30.6 Å². The standard InChI is InChI=1S/C18H11N5O.C11H4BrN5O.C11H4ClN5O/c24-17-13-9-5-4-8-12(13)15-16(17)19-18-21-20-14(23(18)22-15)10-11-6-2-1-3-7-11;2*12-10-14-15-11-13-7-5-3-1-2-4-6(5)9(18)8(7)16-17(10)11/h1-9H,10H2;2*1-4H. The van der Waals surface area contributed by atoms with Crippen LogP contribution >= 0.6 is 27.5 Å². The zero-order chi connectivity index (χ0) is 40.6. The Balaban J connectivity index is 0.000000104. The summed E-state index contributed by atoms with van der Waals surface area (Å²) in [6.07, 6.45) is 0.602. The first kappa shape index (κ1) is 35.3. The molecule has 10 aromatic rings. The van der Waals surface area contributed by atoms with E-state index in [-0.39, 0.29) is 34.1 Å². The molecular weight excluding hydrogens is 854 g/mol. The predicted octanol–water partition coefficient (Wildman–Crippen LogP) is 5.20. The van der Waals surface area contributed by atoms with Gasteiger partial charge in [0.25, 0.3) is 17.3 Å². The number of carbonyl (C=O) groups is 3. The van der Waals surface area contributed by atoms with E-state index in [2.05, 4.69) is 76.8 Å². The van der Waals surface area contributed by atoms with Gasteiger partial charge in [0.2, 0.25) is 27.4 Å². The molecule has 0 saturated heterocycles. The summed E-state index contributed by atoms with van der Waals surface area (Å²) in [6, 6.07) is 32.0. The first-order valence-electron chi connectivity index (χ1n) is 18.0. The lowest BCUT2D eigenvalue weighted by atomic mass is 10.1. The lowest BCUT2D eigenvalue weighted by Gasteiger charge is -2.02. The fraction of sp³-hybridized carbons (Fsp3) is 0.0250. The number of nitrogens with zero attached hydrogens (tertiary/aromatic N) is 15. The molecule has 6 aromatic heterocycles. The van der Waals surface area contributed by atoms with Gasteiger partial charge in [-0.05, 0) is 33.1 Å². The minimum absolute atomic E-state index is 0.0871. The summed E-state index contributed by atoms with van der Waals surface area (Å²) in [5.74, 6) is 1.32. The molecule has 0 spiro atoms. The largest absolute Gasteiger partial charge is 0.287 e. The van der Waals surface area contributed by atoms with Crippen LogP contribution in [0.3, 0.4) is 0 Å². The van der Waals surface area contributed by atoms with E-state index in [4.69, 9.17) is 11.6 Å². The number of carbonyl (C=O) groups excluding carboxylic acids is 3. The van der Waals surface area contributed by atoms with Crippen LogP contribution in [0, 0.1) is 0 Å². The zero-order valence-corrected chi connectivity index (χ0v) is 32.6. The highest BCUT2D eigenvalue weighted by Gasteiger charge is 2.33. The van der Waals surface area contributed by atoms with E-state index in [9.17, 15) is 14.4 Å². The second kappa shape index (κ2) is 13.6. The van der Waals surface area contributed by atoms with Crippen LogP contribution in [-0.4, -0.2) is 91.7 Å². The summed E-state index contributed by atoms with van der Waals surface area (Å²) >= 11 is 9.01. The Hall–Kier alpha value is -7.90. The van der Waals surface area contributed by atoms with Crippen LogP contribution in [0.4, 0.5) is 0 Å². The smallest absolute Gasteiger partial charge is 0.273 e. The van der Waals surface area contributed by atoms with Crippen LogP contribution in [0.25, 0.3) is 51.1 Å². The van der Waals surface area contributed by atoms with Gasteiger partial charge in [0.15, 0.2) is 17.2 Å². The van der Waals surface area contributed by atoms with Crippen LogP contribution < -0.4 is 0 Å². The second-order valence-electron chi connectivity index (χ2n) is 13.4. The minimum atomic E-state index is -0.153. The molecule has 60 heavy (non-hydrogen) atoms. The van der Waals surface area contributed by atoms with Gasteiger partial charge < -0.3 is 0 Å². The molecule has 3 aliphatic carbocycles. The third-order valence-electron chi connectivity index (χ3n) is 9.90. The maximum absolute atomic E-state index is 12.5. The van der Waals surface area contributed by atoms with Crippen LogP contribution in [0.15, 0.2) is 108 Å². The van der Waals surface area contributed by atoms with Crippen molar-refractivity contribution in [3.63, 3.8) is 0 Å². The number of rotatable bonds is 2. The van der Waals surface area contributed by atoms with Crippen molar-refractivity contribution >= 4 is 62.2 Å². The monoisotopic (exact) mass is 871 g/mol. The summed E-state index contributed by atoms with van der Waals surface area (Å²) in [7, 11) is 0. The summed E-state index contributed by atoms with van der Waals surface area (Å²) in [4.78, 5) is 49.9. The van der Waals surface area contributed by atoms with Crippen molar-refractivity contribution < 1.29 is 14.4 Å². The van der Waals surface area contributed by atoms with Crippen molar-refractivity contribution in [3.8, 4) is 33.8 Å². The van der Waals surface area contributed by atoms with E-state index in [0.717, 1.165) is 22.3 Å². The van der Waals surface area contributed by atoms with Crippen LogP contribution in [0.5, 0.6) is 0 Å². The van der Waals surface area contributed by atoms with Gasteiger partial charge in [-0.25, -0.2) is 15.0 Å². The minimum Gasteiger partial charge on any atom is -0.287 e. The van der Waals surface area contributed by atoms with E-state index in [1.807, 2.05) is 84.9 Å². The summed E-state index contributed by atoms with van der Waals surface area (Å²) in [5, 5.41) is 36.5. The molecule has 0 aliphatic heterocycles. The van der Waals surface area contributed by atoms with Gasteiger partial charge in [-0.2, -0.15) is 28.8 Å². The molecule has 4 aromatic carbocycles. The Morgan fingerprint density at radius 2 is 0.867 bits per heavy atom. The number of benzene rings is 4. The van der Waals surface area contributed by atoms with Crippen molar-refractivity contribution in [1.82, 2.24) is 74.4 Å². The maximum atomic E-state index is 12.5. The van der Waals surface area contributed by atoms with Crippen molar-refractivity contribution in [1.29, 1.82) is 0 Å². The average molecular weight is 873 g/mol.